The first-order chi connectivity index (χ1) is 13.0. The third kappa shape index (κ3) is 3.56. The molecule has 0 saturated carbocycles. The molecule has 27 heavy (non-hydrogen) atoms. The lowest BCUT2D eigenvalue weighted by atomic mass is 9.85. The molecule has 0 radical (unpaired) electrons. The Morgan fingerprint density at radius 2 is 0.963 bits per heavy atom. The lowest BCUT2D eigenvalue weighted by Crippen LogP contribution is -2.10. The van der Waals surface area contributed by atoms with Gasteiger partial charge >= 0.3 is 0 Å². The van der Waals surface area contributed by atoms with Crippen LogP contribution in [0.25, 0.3) is 0 Å². The number of methoxy groups -OCH3 is 4. The summed E-state index contributed by atoms with van der Waals surface area (Å²) in [5, 5.41) is 0. The van der Waals surface area contributed by atoms with Crippen molar-refractivity contribution in [3.05, 3.63) is 47.5 Å². The van der Waals surface area contributed by atoms with Crippen LogP contribution in [0.4, 0.5) is 0 Å². The predicted molar refractivity (Wildman–Crippen MR) is 104 cm³/mol. The smallest absolute Gasteiger partial charge is 0.161 e. The van der Waals surface area contributed by atoms with Gasteiger partial charge in [-0.25, -0.2) is 0 Å². The Hall–Kier alpha value is -2.40. The van der Waals surface area contributed by atoms with Crippen LogP contribution >= 0.6 is 0 Å². The van der Waals surface area contributed by atoms with Gasteiger partial charge in [0.1, 0.15) is 0 Å². The Morgan fingerprint density at radius 3 is 1.30 bits per heavy atom. The molecular weight excluding hydrogens is 344 g/mol. The molecule has 0 amide bonds. The maximum atomic E-state index is 6.51. The minimum atomic E-state index is -0.0158. The van der Waals surface area contributed by atoms with Crippen LogP contribution in [-0.4, -0.2) is 28.4 Å². The Balaban J connectivity index is 1.90. The van der Waals surface area contributed by atoms with Crippen molar-refractivity contribution in [1.82, 2.24) is 0 Å². The monoisotopic (exact) mass is 372 g/mol. The highest BCUT2D eigenvalue weighted by Crippen LogP contribution is 2.50. The predicted octanol–water partition coefficient (Wildman–Crippen LogP) is 4.81. The van der Waals surface area contributed by atoms with Gasteiger partial charge in [0.25, 0.3) is 0 Å². The molecule has 1 fully saturated rings. The Kier molecular flexibility index (Phi) is 5.80. The first kappa shape index (κ1) is 19.4. The fourth-order valence-corrected chi connectivity index (χ4v) is 3.78. The molecule has 1 aliphatic heterocycles. The third-order valence-electron chi connectivity index (χ3n) is 5.55. The molecule has 1 heterocycles. The molecule has 5 nitrogen and oxygen atoms in total. The summed E-state index contributed by atoms with van der Waals surface area (Å²) >= 11 is 0. The molecule has 5 heteroatoms. The number of rotatable bonds is 6. The largest absolute Gasteiger partial charge is 0.493 e. The van der Waals surface area contributed by atoms with Crippen LogP contribution in [0.15, 0.2) is 36.4 Å². The summed E-state index contributed by atoms with van der Waals surface area (Å²) < 4.78 is 28.1. The molecule has 0 bridgehead atoms. The molecule has 3 rings (SSSR count). The second-order valence-corrected chi connectivity index (χ2v) is 6.92. The van der Waals surface area contributed by atoms with E-state index in [1.54, 1.807) is 28.4 Å². The SMILES string of the molecule is COc1ccc([C@@H]2O[C@@H](c3ccc(OC)c(OC)c3)[C@@H](C)[C@H]2C)cc1OC. The van der Waals surface area contributed by atoms with E-state index in [-0.39, 0.29) is 12.2 Å². The maximum Gasteiger partial charge on any atom is 0.161 e. The molecule has 0 aliphatic carbocycles. The van der Waals surface area contributed by atoms with Crippen molar-refractivity contribution in [2.24, 2.45) is 11.8 Å². The molecule has 0 unspecified atom stereocenters. The second-order valence-electron chi connectivity index (χ2n) is 6.92. The summed E-state index contributed by atoms with van der Waals surface area (Å²) in [6, 6.07) is 12.0. The average Bonchev–Trinajstić information content (AvgIpc) is 3.01. The van der Waals surface area contributed by atoms with Gasteiger partial charge in [-0.1, -0.05) is 26.0 Å². The summed E-state index contributed by atoms with van der Waals surface area (Å²) in [6.07, 6.45) is -0.0317. The first-order valence-electron chi connectivity index (χ1n) is 9.13. The van der Waals surface area contributed by atoms with E-state index in [9.17, 15) is 0 Å². The lowest BCUT2D eigenvalue weighted by molar-refractivity contribution is 0.0288. The number of hydrogen-bond donors (Lipinski definition) is 0. The van der Waals surface area contributed by atoms with Crippen molar-refractivity contribution in [2.75, 3.05) is 28.4 Å². The van der Waals surface area contributed by atoms with Gasteiger partial charge in [-0.05, 0) is 47.2 Å². The van der Waals surface area contributed by atoms with E-state index in [4.69, 9.17) is 23.7 Å². The van der Waals surface area contributed by atoms with Crippen molar-refractivity contribution in [1.29, 1.82) is 0 Å². The van der Waals surface area contributed by atoms with E-state index in [1.165, 1.54) is 0 Å². The summed E-state index contributed by atoms with van der Waals surface area (Å²) in [6.45, 7) is 4.46. The van der Waals surface area contributed by atoms with Crippen molar-refractivity contribution in [3.8, 4) is 23.0 Å². The van der Waals surface area contributed by atoms with E-state index in [1.807, 2.05) is 36.4 Å². The number of hydrogen-bond acceptors (Lipinski definition) is 5. The molecule has 1 saturated heterocycles. The van der Waals surface area contributed by atoms with Gasteiger partial charge < -0.3 is 23.7 Å². The summed E-state index contributed by atoms with van der Waals surface area (Å²) in [4.78, 5) is 0. The highest BCUT2D eigenvalue weighted by atomic mass is 16.5. The molecule has 0 aromatic heterocycles. The quantitative estimate of drug-likeness (QED) is 0.728. The zero-order chi connectivity index (χ0) is 19.6. The average molecular weight is 372 g/mol. The minimum Gasteiger partial charge on any atom is -0.493 e. The molecule has 146 valence electrons. The fraction of sp³-hybridized carbons (Fsp3) is 0.455. The second kappa shape index (κ2) is 8.09. The summed E-state index contributed by atoms with van der Waals surface area (Å²) in [7, 11) is 6.58. The van der Waals surface area contributed by atoms with Crippen molar-refractivity contribution in [3.63, 3.8) is 0 Å². The fourth-order valence-electron chi connectivity index (χ4n) is 3.78. The zero-order valence-corrected chi connectivity index (χ0v) is 16.8. The van der Waals surface area contributed by atoms with E-state index >= 15 is 0 Å². The van der Waals surface area contributed by atoms with E-state index in [0.29, 0.717) is 23.3 Å². The lowest BCUT2D eigenvalue weighted by Gasteiger charge is -2.18. The van der Waals surface area contributed by atoms with Crippen LogP contribution in [0, 0.1) is 11.8 Å². The van der Waals surface area contributed by atoms with Gasteiger partial charge in [-0.3, -0.25) is 0 Å². The van der Waals surface area contributed by atoms with Crippen LogP contribution < -0.4 is 18.9 Å². The normalized spacial score (nSPS) is 24.5. The highest BCUT2D eigenvalue weighted by Gasteiger charge is 2.41. The van der Waals surface area contributed by atoms with Crippen molar-refractivity contribution >= 4 is 0 Å². The molecule has 0 spiro atoms. The van der Waals surface area contributed by atoms with Crippen LogP contribution in [-0.2, 0) is 4.74 Å². The Labute approximate surface area is 161 Å². The Bertz CT molecular complexity index is 723. The summed E-state index contributed by atoms with van der Waals surface area (Å²) in [5.74, 6) is 3.57. The zero-order valence-electron chi connectivity index (χ0n) is 16.8. The minimum absolute atomic E-state index is 0.0158. The molecule has 2 aromatic rings. The maximum absolute atomic E-state index is 6.51. The van der Waals surface area contributed by atoms with Gasteiger partial charge in [-0.15, -0.1) is 0 Å². The van der Waals surface area contributed by atoms with Gasteiger partial charge in [0.15, 0.2) is 23.0 Å². The highest BCUT2D eigenvalue weighted by molar-refractivity contribution is 5.45. The van der Waals surface area contributed by atoms with Gasteiger partial charge in [0, 0.05) is 0 Å². The van der Waals surface area contributed by atoms with Crippen LogP contribution in [0.5, 0.6) is 23.0 Å². The van der Waals surface area contributed by atoms with Gasteiger partial charge in [0.05, 0.1) is 40.6 Å². The molecule has 4 atom stereocenters. The molecular formula is C22H28O5. The van der Waals surface area contributed by atoms with E-state index in [2.05, 4.69) is 13.8 Å². The number of benzene rings is 2. The standard InChI is InChI=1S/C22H28O5/c1-13-14(2)22(16-8-10-18(24-4)20(12-16)26-6)27-21(13)15-7-9-17(23-3)19(11-15)25-5/h7-14,21-22H,1-6H3/t13-,14+,21-,22-/m1/s1. The first-order valence-corrected chi connectivity index (χ1v) is 9.13. The van der Waals surface area contributed by atoms with Gasteiger partial charge in [0.2, 0.25) is 0 Å². The molecule has 2 aromatic carbocycles. The van der Waals surface area contributed by atoms with Crippen molar-refractivity contribution in [2.45, 2.75) is 26.1 Å². The van der Waals surface area contributed by atoms with Crippen LogP contribution in [0.1, 0.15) is 37.2 Å². The van der Waals surface area contributed by atoms with Crippen LogP contribution in [0.2, 0.25) is 0 Å². The van der Waals surface area contributed by atoms with Gasteiger partial charge in [-0.2, -0.15) is 0 Å². The van der Waals surface area contributed by atoms with E-state index < -0.39 is 0 Å². The van der Waals surface area contributed by atoms with E-state index in [0.717, 1.165) is 22.6 Å². The summed E-state index contributed by atoms with van der Waals surface area (Å²) in [5.41, 5.74) is 2.19. The molecule has 0 N–H and O–H groups in total. The molecule has 1 aliphatic rings. The van der Waals surface area contributed by atoms with Crippen LogP contribution in [0.3, 0.4) is 0 Å². The Morgan fingerprint density at radius 1 is 0.593 bits per heavy atom. The third-order valence-corrected chi connectivity index (χ3v) is 5.55. The van der Waals surface area contributed by atoms with Crippen molar-refractivity contribution < 1.29 is 23.7 Å². The topological polar surface area (TPSA) is 46.2 Å². The number of ether oxygens (including phenoxy) is 5.